The van der Waals surface area contributed by atoms with Gasteiger partial charge in [-0.3, -0.25) is 10.2 Å². The van der Waals surface area contributed by atoms with E-state index in [4.69, 9.17) is 9.47 Å². The number of nitrogens with one attached hydrogen (secondary N) is 2. The summed E-state index contributed by atoms with van der Waals surface area (Å²) in [5.41, 5.74) is 6.93. The van der Waals surface area contributed by atoms with E-state index in [0.717, 1.165) is 11.3 Å². The molecule has 0 aromatic heterocycles. The minimum Gasteiger partial charge on any atom is -0.491 e. The van der Waals surface area contributed by atoms with Crippen LogP contribution in [0.4, 0.5) is 0 Å². The van der Waals surface area contributed by atoms with Crippen molar-refractivity contribution in [1.29, 1.82) is 0 Å². The third-order valence-corrected chi connectivity index (χ3v) is 3.57. The second-order valence-electron chi connectivity index (χ2n) is 5.04. The number of aliphatic carboxylic acids is 1. The van der Waals surface area contributed by atoms with Gasteiger partial charge >= 0.3 is 5.97 Å². The Balaban J connectivity index is 2.04. The van der Waals surface area contributed by atoms with E-state index in [0.29, 0.717) is 19.8 Å². The maximum absolute atomic E-state index is 11.4. The molecule has 0 spiro atoms. The van der Waals surface area contributed by atoms with Crippen molar-refractivity contribution in [2.45, 2.75) is 25.9 Å². The van der Waals surface area contributed by atoms with Crippen LogP contribution in [0.5, 0.6) is 5.75 Å². The summed E-state index contributed by atoms with van der Waals surface area (Å²) < 4.78 is 10.8. The summed E-state index contributed by atoms with van der Waals surface area (Å²) in [7, 11) is 0. The Kier molecular flexibility index (Phi) is 5.55. The van der Waals surface area contributed by atoms with E-state index in [1.807, 2.05) is 38.1 Å². The molecule has 1 heterocycles. The van der Waals surface area contributed by atoms with E-state index in [-0.39, 0.29) is 12.1 Å². The molecule has 116 valence electrons. The monoisotopic (exact) mass is 294 g/mol. The van der Waals surface area contributed by atoms with E-state index in [9.17, 15) is 9.90 Å². The molecule has 1 aromatic carbocycles. The topological polar surface area (TPSA) is 79.8 Å². The summed E-state index contributed by atoms with van der Waals surface area (Å²) in [5, 5.41) is 9.36. The Hall–Kier alpha value is -1.63. The van der Waals surface area contributed by atoms with Crippen molar-refractivity contribution in [3.63, 3.8) is 0 Å². The Morgan fingerprint density at radius 1 is 1.33 bits per heavy atom. The van der Waals surface area contributed by atoms with Crippen molar-refractivity contribution >= 4 is 5.97 Å². The fraction of sp³-hybridized carbons (Fsp3) is 0.533. The van der Waals surface area contributed by atoms with Gasteiger partial charge in [-0.1, -0.05) is 12.1 Å². The van der Waals surface area contributed by atoms with Crippen molar-refractivity contribution in [3.05, 3.63) is 29.8 Å². The van der Waals surface area contributed by atoms with Crippen molar-refractivity contribution in [2.24, 2.45) is 5.92 Å². The number of benzene rings is 1. The van der Waals surface area contributed by atoms with Crippen LogP contribution in [0.3, 0.4) is 0 Å². The van der Waals surface area contributed by atoms with E-state index < -0.39 is 11.9 Å². The van der Waals surface area contributed by atoms with Gasteiger partial charge in [-0.05, 0) is 31.5 Å². The minimum absolute atomic E-state index is 0.130. The first-order chi connectivity index (χ1) is 10.1. The lowest BCUT2D eigenvalue weighted by atomic mass is 9.90. The molecule has 3 atom stereocenters. The van der Waals surface area contributed by atoms with Crippen LogP contribution in [0.25, 0.3) is 0 Å². The van der Waals surface area contributed by atoms with Crippen LogP contribution < -0.4 is 15.6 Å². The molecule has 6 nitrogen and oxygen atoms in total. The fourth-order valence-corrected chi connectivity index (χ4v) is 2.50. The third-order valence-electron chi connectivity index (χ3n) is 3.57. The Morgan fingerprint density at radius 3 is 2.86 bits per heavy atom. The largest absolute Gasteiger partial charge is 0.491 e. The molecule has 0 bridgehead atoms. The van der Waals surface area contributed by atoms with Crippen molar-refractivity contribution in [2.75, 3.05) is 19.8 Å². The lowest BCUT2D eigenvalue weighted by molar-refractivity contribution is -0.142. The van der Waals surface area contributed by atoms with E-state index in [1.54, 1.807) is 0 Å². The Bertz CT molecular complexity index is 480. The third kappa shape index (κ3) is 3.93. The highest BCUT2D eigenvalue weighted by Gasteiger charge is 2.39. The summed E-state index contributed by atoms with van der Waals surface area (Å²) in [6.45, 7) is 5.48. The second-order valence-corrected chi connectivity index (χ2v) is 5.04. The van der Waals surface area contributed by atoms with Crippen LogP contribution in [0.1, 0.15) is 25.5 Å². The van der Waals surface area contributed by atoms with E-state index in [1.165, 1.54) is 0 Å². The molecule has 3 N–H and O–H groups in total. The molecule has 1 fully saturated rings. The van der Waals surface area contributed by atoms with Gasteiger partial charge < -0.3 is 14.6 Å². The Labute approximate surface area is 124 Å². The number of carbonyl (C=O) groups is 1. The molecule has 1 saturated heterocycles. The van der Waals surface area contributed by atoms with Crippen molar-refractivity contribution in [3.8, 4) is 5.75 Å². The second kappa shape index (κ2) is 7.40. The predicted molar refractivity (Wildman–Crippen MR) is 78.0 cm³/mol. The zero-order valence-corrected chi connectivity index (χ0v) is 12.3. The summed E-state index contributed by atoms with van der Waals surface area (Å²) in [6, 6.07) is 7.11. The fourth-order valence-electron chi connectivity index (χ4n) is 2.50. The van der Waals surface area contributed by atoms with Gasteiger partial charge in [0.2, 0.25) is 0 Å². The van der Waals surface area contributed by atoms with Gasteiger partial charge in [0.05, 0.1) is 18.6 Å². The molecule has 0 radical (unpaired) electrons. The zero-order valence-electron chi connectivity index (χ0n) is 12.3. The molecule has 1 aliphatic rings. The average molecular weight is 294 g/mol. The first-order valence-corrected chi connectivity index (χ1v) is 7.18. The molecule has 0 aliphatic carbocycles. The van der Waals surface area contributed by atoms with E-state index in [2.05, 4.69) is 10.9 Å². The van der Waals surface area contributed by atoms with Gasteiger partial charge in [0.15, 0.2) is 0 Å². The number of carboxylic acid groups (broad SMARTS) is 1. The van der Waals surface area contributed by atoms with Gasteiger partial charge in [0.1, 0.15) is 12.4 Å². The molecular weight excluding hydrogens is 272 g/mol. The number of hydrogen-bond donors (Lipinski definition) is 3. The standard InChI is InChI=1S/C15H22N2O4/c1-3-20-7-8-21-12-6-4-5-11(9-12)14-13(15(18)19)10(2)16-17-14/h4-6,9-10,13-14,16-17H,3,7-8H2,1-2H3,(H,18,19). The molecular formula is C15H22N2O4. The summed E-state index contributed by atoms with van der Waals surface area (Å²) in [5.74, 6) is -0.603. The quantitative estimate of drug-likeness (QED) is 0.659. The summed E-state index contributed by atoms with van der Waals surface area (Å²) in [6.07, 6.45) is 0. The van der Waals surface area contributed by atoms with Crippen LogP contribution in [0.2, 0.25) is 0 Å². The van der Waals surface area contributed by atoms with Crippen LogP contribution in [-0.2, 0) is 9.53 Å². The van der Waals surface area contributed by atoms with Crippen LogP contribution in [-0.4, -0.2) is 36.9 Å². The maximum Gasteiger partial charge on any atom is 0.310 e. The minimum atomic E-state index is -0.812. The molecule has 3 unspecified atom stereocenters. The average Bonchev–Trinajstić information content (AvgIpc) is 2.86. The van der Waals surface area contributed by atoms with Crippen LogP contribution in [0.15, 0.2) is 24.3 Å². The highest BCUT2D eigenvalue weighted by molar-refractivity contribution is 5.72. The smallest absolute Gasteiger partial charge is 0.310 e. The number of ether oxygens (including phenoxy) is 2. The first kappa shape index (κ1) is 15.8. The molecule has 1 aromatic rings. The number of hydrogen-bond acceptors (Lipinski definition) is 5. The lowest BCUT2D eigenvalue weighted by Gasteiger charge is -2.18. The van der Waals surface area contributed by atoms with E-state index >= 15 is 0 Å². The SMILES string of the molecule is CCOCCOc1cccc(C2NNC(C)C2C(=O)O)c1. The van der Waals surface area contributed by atoms with Crippen LogP contribution in [0, 0.1) is 5.92 Å². The number of hydrazine groups is 1. The molecule has 0 saturated carbocycles. The van der Waals surface area contributed by atoms with Gasteiger partial charge in [0.25, 0.3) is 0 Å². The molecule has 6 heteroatoms. The predicted octanol–water partition coefficient (Wildman–Crippen LogP) is 1.34. The summed E-state index contributed by atoms with van der Waals surface area (Å²) in [4.78, 5) is 11.4. The maximum atomic E-state index is 11.4. The van der Waals surface area contributed by atoms with Crippen LogP contribution >= 0.6 is 0 Å². The first-order valence-electron chi connectivity index (χ1n) is 7.18. The molecule has 21 heavy (non-hydrogen) atoms. The molecule has 1 aliphatic heterocycles. The lowest BCUT2D eigenvalue weighted by Crippen LogP contribution is -2.30. The molecule has 0 amide bonds. The van der Waals surface area contributed by atoms with Gasteiger partial charge in [0, 0.05) is 12.6 Å². The summed E-state index contributed by atoms with van der Waals surface area (Å²) >= 11 is 0. The van der Waals surface area contributed by atoms with Crippen molar-refractivity contribution in [1.82, 2.24) is 10.9 Å². The highest BCUT2D eigenvalue weighted by Crippen LogP contribution is 2.30. The van der Waals surface area contributed by atoms with Gasteiger partial charge in [-0.15, -0.1) is 0 Å². The van der Waals surface area contributed by atoms with Gasteiger partial charge in [-0.25, -0.2) is 5.43 Å². The van der Waals surface area contributed by atoms with Gasteiger partial charge in [-0.2, -0.15) is 0 Å². The number of carboxylic acids is 1. The zero-order chi connectivity index (χ0) is 15.2. The van der Waals surface area contributed by atoms with Crippen molar-refractivity contribution < 1.29 is 19.4 Å². The Morgan fingerprint density at radius 2 is 2.14 bits per heavy atom. The molecule has 2 rings (SSSR count). The number of rotatable bonds is 7. The normalized spacial score (nSPS) is 25.0. The highest BCUT2D eigenvalue weighted by atomic mass is 16.5.